The molecule has 1 aromatic carbocycles. The number of nitrogen functional groups attached to an aromatic ring is 1. The van der Waals surface area contributed by atoms with Crippen molar-refractivity contribution < 1.29 is 13.6 Å². The molecule has 1 aliphatic rings. The van der Waals surface area contributed by atoms with Gasteiger partial charge in [-0.05, 0) is 24.7 Å². The quantitative estimate of drug-likeness (QED) is 0.801. The highest BCUT2D eigenvalue weighted by Crippen LogP contribution is 2.29. The highest BCUT2D eigenvalue weighted by Gasteiger charge is 2.24. The Morgan fingerprint density at radius 1 is 1.47 bits per heavy atom. The van der Waals surface area contributed by atoms with Crippen LogP contribution in [-0.4, -0.2) is 16.9 Å². The Balaban J connectivity index is 2.15. The number of carbonyl (C=O) groups is 1. The Kier molecular flexibility index (Phi) is 3.51. The molecule has 1 atom stereocenters. The summed E-state index contributed by atoms with van der Waals surface area (Å²) in [5, 5.41) is 2.25. The molecule has 1 heterocycles. The number of nitrogens with two attached hydrogens (primary N) is 1. The molecule has 1 saturated heterocycles. The lowest BCUT2D eigenvalue weighted by molar-refractivity contribution is -0.115. The Hall–Kier alpha value is -1.30. The van der Waals surface area contributed by atoms with Gasteiger partial charge in [0.05, 0.1) is 10.9 Å². The number of carbonyl (C=O) groups excluding carboxylic acids is 1. The van der Waals surface area contributed by atoms with Crippen molar-refractivity contribution in [2.45, 2.75) is 18.1 Å². The SMILES string of the molecule is Nc1cc(F)cc(F)c1NC(=O)C1CCCS1. The minimum absolute atomic E-state index is 0.0983. The van der Waals surface area contributed by atoms with E-state index in [1.807, 2.05) is 0 Å². The van der Waals surface area contributed by atoms with Gasteiger partial charge in [0, 0.05) is 6.07 Å². The number of halogens is 2. The second kappa shape index (κ2) is 4.91. The molecule has 0 radical (unpaired) electrons. The second-order valence-electron chi connectivity index (χ2n) is 3.84. The number of hydrogen-bond donors (Lipinski definition) is 2. The molecule has 92 valence electrons. The molecule has 17 heavy (non-hydrogen) atoms. The van der Waals surface area contributed by atoms with Gasteiger partial charge in [0.15, 0.2) is 5.82 Å². The lowest BCUT2D eigenvalue weighted by Gasteiger charge is -2.12. The van der Waals surface area contributed by atoms with Crippen molar-refractivity contribution in [3.05, 3.63) is 23.8 Å². The van der Waals surface area contributed by atoms with Crippen molar-refractivity contribution in [3.8, 4) is 0 Å². The first-order chi connectivity index (χ1) is 8.08. The molecular formula is C11H12F2N2OS. The number of thioether (sulfide) groups is 1. The number of benzene rings is 1. The van der Waals surface area contributed by atoms with Crippen LogP contribution in [0.2, 0.25) is 0 Å². The number of hydrogen-bond acceptors (Lipinski definition) is 3. The minimum Gasteiger partial charge on any atom is -0.397 e. The molecule has 1 unspecified atom stereocenters. The van der Waals surface area contributed by atoms with Gasteiger partial charge in [0.1, 0.15) is 11.5 Å². The summed E-state index contributed by atoms with van der Waals surface area (Å²) >= 11 is 1.54. The molecule has 1 fully saturated rings. The third-order valence-electron chi connectivity index (χ3n) is 2.56. The predicted octanol–water partition coefficient (Wildman–Crippen LogP) is 2.38. The molecule has 0 bridgehead atoms. The Morgan fingerprint density at radius 2 is 2.24 bits per heavy atom. The van der Waals surface area contributed by atoms with E-state index in [4.69, 9.17) is 5.73 Å². The fourth-order valence-corrected chi connectivity index (χ4v) is 2.87. The maximum atomic E-state index is 13.4. The fraction of sp³-hybridized carbons (Fsp3) is 0.364. The second-order valence-corrected chi connectivity index (χ2v) is 5.15. The summed E-state index contributed by atoms with van der Waals surface area (Å²) in [4.78, 5) is 11.8. The fourth-order valence-electron chi connectivity index (χ4n) is 1.71. The van der Waals surface area contributed by atoms with Crippen LogP contribution in [-0.2, 0) is 4.79 Å². The first-order valence-electron chi connectivity index (χ1n) is 5.25. The number of nitrogens with one attached hydrogen (secondary N) is 1. The molecule has 0 saturated carbocycles. The van der Waals surface area contributed by atoms with E-state index in [0.717, 1.165) is 24.7 Å². The average Bonchev–Trinajstić information content (AvgIpc) is 2.76. The number of rotatable bonds is 2. The van der Waals surface area contributed by atoms with E-state index in [-0.39, 0.29) is 22.5 Å². The van der Waals surface area contributed by atoms with Crippen LogP contribution < -0.4 is 11.1 Å². The molecule has 6 heteroatoms. The average molecular weight is 258 g/mol. The third kappa shape index (κ3) is 2.69. The van der Waals surface area contributed by atoms with E-state index in [0.29, 0.717) is 6.07 Å². The van der Waals surface area contributed by atoms with E-state index in [9.17, 15) is 13.6 Å². The van der Waals surface area contributed by atoms with E-state index >= 15 is 0 Å². The molecule has 0 aromatic heterocycles. The first-order valence-corrected chi connectivity index (χ1v) is 6.30. The van der Waals surface area contributed by atoms with Crippen molar-refractivity contribution >= 4 is 29.0 Å². The summed E-state index contributed by atoms with van der Waals surface area (Å²) in [7, 11) is 0. The van der Waals surface area contributed by atoms with Gasteiger partial charge in [-0.1, -0.05) is 0 Å². The number of amides is 1. The molecule has 1 aliphatic heterocycles. The van der Waals surface area contributed by atoms with Crippen LogP contribution in [0.4, 0.5) is 20.2 Å². The van der Waals surface area contributed by atoms with Crippen LogP contribution in [0.3, 0.4) is 0 Å². The first kappa shape index (κ1) is 12.2. The van der Waals surface area contributed by atoms with Crippen molar-refractivity contribution in [1.82, 2.24) is 0 Å². The maximum Gasteiger partial charge on any atom is 0.237 e. The van der Waals surface area contributed by atoms with Crippen molar-refractivity contribution in [2.75, 3.05) is 16.8 Å². The zero-order valence-corrected chi connectivity index (χ0v) is 9.82. The molecule has 2 rings (SSSR count). The third-order valence-corrected chi connectivity index (χ3v) is 3.93. The van der Waals surface area contributed by atoms with Gasteiger partial charge < -0.3 is 11.1 Å². The van der Waals surface area contributed by atoms with Crippen LogP contribution in [0.25, 0.3) is 0 Å². The zero-order chi connectivity index (χ0) is 12.4. The monoisotopic (exact) mass is 258 g/mol. The van der Waals surface area contributed by atoms with Crippen LogP contribution in [0.15, 0.2) is 12.1 Å². The van der Waals surface area contributed by atoms with Crippen molar-refractivity contribution in [1.29, 1.82) is 0 Å². The van der Waals surface area contributed by atoms with Gasteiger partial charge in [0.2, 0.25) is 5.91 Å². The molecule has 3 N–H and O–H groups in total. The summed E-state index contributed by atoms with van der Waals surface area (Å²) in [6, 6.07) is 1.69. The standard InChI is InChI=1S/C11H12F2N2OS/c12-6-4-7(13)10(8(14)5-6)15-11(16)9-2-1-3-17-9/h4-5,9H,1-3,14H2,(H,15,16). The summed E-state index contributed by atoms with van der Waals surface area (Å²) in [6.45, 7) is 0. The highest BCUT2D eigenvalue weighted by atomic mass is 32.2. The van der Waals surface area contributed by atoms with E-state index in [1.54, 1.807) is 0 Å². The Bertz CT molecular complexity index is 424. The van der Waals surface area contributed by atoms with Gasteiger partial charge in [-0.3, -0.25) is 4.79 Å². The molecule has 0 spiro atoms. The molecule has 1 aromatic rings. The highest BCUT2D eigenvalue weighted by molar-refractivity contribution is 8.00. The molecule has 3 nitrogen and oxygen atoms in total. The van der Waals surface area contributed by atoms with Crippen LogP contribution >= 0.6 is 11.8 Å². The molecule has 1 amide bonds. The topological polar surface area (TPSA) is 55.1 Å². The van der Waals surface area contributed by atoms with Crippen LogP contribution in [0, 0.1) is 11.6 Å². The minimum atomic E-state index is -0.848. The Morgan fingerprint density at radius 3 is 2.82 bits per heavy atom. The lowest BCUT2D eigenvalue weighted by atomic mass is 10.2. The zero-order valence-electron chi connectivity index (χ0n) is 9.00. The van der Waals surface area contributed by atoms with Gasteiger partial charge in [-0.15, -0.1) is 11.8 Å². The van der Waals surface area contributed by atoms with Crippen LogP contribution in [0.1, 0.15) is 12.8 Å². The van der Waals surface area contributed by atoms with Gasteiger partial charge >= 0.3 is 0 Å². The van der Waals surface area contributed by atoms with Crippen molar-refractivity contribution in [3.63, 3.8) is 0 Å². The summed E-state index contributed by atoms with van der Waals surface area (Å²) in [5.41, 5.74) is 5.23. The van der Waals surface area contributed by atoms with E-state index in [1.165, 1.54) is 11.8 Å². The lowest BCUT2D eigenvalue weighted by Crippen LogP contribution is -2.24. The summed E-state index contributed by atoms with van der Waals surface area (Å²) in [5.74, 6) is -0.948. The largest absolute Gasteiger partial charge is 0.397 e. The van der Waals surface area contributed by atoms with E-state index < -0.39 is 11.6 Å². The molecular weight excluding hydrogens is 246 g/mol. The van der Waals surface area contributed by atoms with Crippen molar-refractivity contribution in [2.24, 2.45) is 0 Å². The van der Waals surface area contributed by atoms with Gasteiger partial charge in [0.25, 0.3) is 0 Å². The van der Waals surface area contributed by atoms with Gasteiger partial charge in [-0.2, -0.15) is 0 Å². The number of anilines is 2. The normalized spacial score (nSPS) is 19.3. The Labute approximate surface area is 102 Å². The smallest absolute Gasteiger partial charge is 0.237 e. The summed E-state index contributed by atoms with van der Waals surface area (Å²) < 4.78 is 26.2. The van der Waals surface area contributed by atoms with Crippen LogP contribution in [0.5, 0.6) is 0 Å². The predicted molar refractivity (Wildman–Crippen MR) is 64.9 cm³/mol. The summed E-state index contributed by atoms with van der Waals surface area (Å²) in [6.07, 6.45) is 1.75. The van der Waals surface area contributed by atoms with E-state index in [2.05, 4.69) is 5.32 Å². The van der Waals surface area contributed by atoms with Gasteiger partial charge in [-0.25, -0.2) is 8.78 Å². The maximum absolute atomic E-state index is 13.4. The molecule has 0 aliphatic carbocycles.